The molecule has 2 aliphatic rings. The summed E-state index contributed by atoms with van der Waals surface area (Å²) in [5, 5.41) is 3.18. The van der Waals surface area contributed by atoms with Gasteiger partial charge in [-0.3, -0.25) is 9.97 Å². The van der Waals surface area contributed by atoms with Gasteiger partial charge in [-0.2, -0.15) is 9.97 Å². The van der Waals surface area contributed by atoms with E-state index in [1.165, 1.54) is 12.4 Å². The first-order chi connectivity index (χ1) is 35.0. The molecule has 0 amide bonds. The largest absolute Gasteiger partial charge is 0.496 e. The Bertz CT molecular complexity index is 3280. The highest BCUT2D eigenvalue weighted by atomic mass is 35.5. The van der Waals surface area contributed by atoms with E-state index in [0.717, 1.165) is 63.7 Å². The number of nitrogen functional groups attached to an aromatic ring is 1. The summed E-state index contributed by atoms with van der Waals surface area (Å²) in [6.45, 7) is 4.11. The molecule has 14 nitrogen and oxygen atoms in total. The molecule has 0 saturated carbocycles. The Morgan fingerprint density at radius 3 is 1.56 bits per heavy atom. The minimum absolute atomic E-state index is 0.0290. The molecule has 21 heteroatoms. The summed E-state index contributed by atoms with van der Waals surface area (Å²) in [5.41, 5.74) is 13.5. The van der Waals surface area contributed by atoms with Crippen molar-refractivity contribution in [3.05, 3.63) is 172 Å². The van der Waals surface area contributed by atoms with E-state index in [0.29, 0.717) is 40.3 Å². The van der Waals surface area contributed by atoms with E-state index in [2.05, 4.69) is 35.2 Å². The van der Waals surface area contributed by atoms with Crippen LogP contribution in [0.15, 0.2) is 110 Å². The Hall–Kier alpha value is -8.39. The zero-order valence-corrected chi connectivity index (χ0v) is 40.7. The maximum atomic E-state index is 13.8. The summed E-state index contributed by atoms with van der Waals surface area (Å²) < 4.78 is 103. The number of fused-ring (bicyclic) bond motifs is 2. The molecule has 3 N–H and O–H groups in total. The number of anilines is 5. The average Bonchev–Trinajstić information content (AvgIpc) is 3.37. The third-order valence-electron chi connectivity index (χ3n) is 11.7. The average molecular weight is 1020 g/mol. The van der Waals surface area contributed by atoms with Gasteiger partial charge >= 0.3 is 0 Å². The predicted octanol–water partition coefficient (Wildman–Crippen LogP) is 11.4. The highest BCUT2D eigenvalue weighted by Gasteiger charge is 2.31. The van der Waals surface area contributed by atoms with E-state index in [4.69, 9.17) is 36.3 Å². The minimum Gasteiger partial charge on any atom is -0.496 e. The van der Waals surface area contributed by atoms with Crippen molar-refractivity contribution in [2.45, 2.75) is 25.9 Å². The quantitative estimate of drug-likeness (QED) is 0.0641. The molecule has 73 heavy (non-hydrogen) atoms. The van der Waals surface area contributed by atoms with Crippen LogP contribution in [-0.2, 0) is 0 Å². The number of aromatic nitrogens is 6. The van der Waals surface area contributed by atoms with E-state index < -0.39 is 47.0 Å². The molecule has 0 aliphatic carbocycles. The van der Waals surface area contributed by atoms with Crippen molar-refractivity contribution in [3.63, 3.8) is 0 Å². The van der Waals surface area contributed by atoms with Gasteiger partial charge in [0.1, 0.15) is 24.7 Å². The van der Waals surface area contributed by atoms with Crippen molar-refractivity contribution in [1.29, 1.82) is 0 Å². The van der Waals surface area contributed by atoms with Crippen molar-refractivity contribution in [2.75, 3.05) is 62.4 Å². The number of nitrogens with one attached hydrogen (secondary N) is 1. The number of methoxy groups -OCH3 is 2. The normalized spacial score (nSPS) is 14.5. The van der Waals surface area contributed by atoms with Gasteiger partial charge in [0.25, 0.3) is 0 Å². The first-order valence-corrected chi connectivity index (χ1v) is 22.5. The topological polar surface area (TPSA) is 159 Å². The molecule has 6 heterocycles. The van der Waals surface area contributed by atoms with Crippen molar-refractivity contribution < 1.29 is 45.3 Å². The summed E-state index contributed by atoms with van der Waals surface area (Å²) in [5.74, 6) is -4.62. The summed E-state index contributed by atoms with van der Waals surface area (Å²) in [4.78, 5) is 28.5. The summed E-state index contributed by atoms with van der Waals surface area (Å²) in [6.07, 6.45) is 6.48. The van der Waals surface area contributed by atoms with Crippen molar-refractivity contribution in [2.24, 2.45) is 0 Å². The molecule has 0 spiro atoms. The maximum Gasteiger partial charge on any atom is 0.229 e. The van der Waals surface area contributed by atoms with Crippen molar-refractivity contribution >= 4 is 40.6 Å². The van der Waals surface area contributed by atoms with Gasteiger partial charge < -0.3 is 39.8 Å². The lowest BCUT2D eigenvalue weighted by Crippen LogP contribution is -2.34. The van der Waals surface area contributed by atoms with Crippen LogP contribution >= 0.6 is 11.6 Å². The van der Waals surface area contributed by atoms with Crippen LogP contribution in [0.5, 0.6) is 23.0 Å². The molecule has 4 aromatic heterocycles. The van der Waals surface area contributed by atoms with Crippen LogP contribution in [0.1, 0.15) is 34.6 Å². The minimum atomic E-state index is -1.51. The van der Waals surface area contributed by atoms with Gasteiger partial charge in [0.05, 0.1) is 38.7 Å². The van der Waals surface area contributed by atoms with Crippen LogP contribution in [-0.4, -0.2) is 71.4 Å². The summed E-state index contributed by atoms with van der Waals surface area (Å²) >= 11 is 5.73. The van der Waals surface area contributed by atoms with E-state index in [1.807, 2.05) is 74.5 Å². The Balaban J connectivity index is 0.000000162. The molecular weight excluding hydrogens is 978 g/mol. The highest BCUT2D eigenvalue weighted by molar-refractivity contribution is 6.28. The smallest absolute Gasteiger partial charge is 0.229 e. The lowest BCUT2D eigenvalue weighted by atomic mass is 10.0. The van der Waals surface area contributed by atoms with Gasteiger partial charge in [-0.1, -0.05) is 0 Å². The van der Waals surface area contributed by atoms with E-state index in [1.54, 1.807) is 50.5 Å². The lowest BCUT2D eigenvalue weighted by molar-refractivity contribution is 0.264. The molecule has 376 valence electrons. The van der Waals surface area contributed by atoms with Crippen LogP contribution in [0.25, 0.3) is 22.3 Å². The van der Waals surface area contributed by atoms with E-state index in [9.17, 15) is 26.3 Å². The Labute approximate surface area is 420 Å². The molecule has 0 saturated heterocycles. The van der Waals surface area contributed by atoms with Crippen molar-refractivity contribution in [3.8, 4) is 45.3 Å². The Morgan fingerprint density at radius 2 is 1.07 bits per heavy atom. The standard InChI is InChI=1S/C26H22F3N5O2.C13H9ClF3N3O.C13H14N2O/c1-14-8-15(6-7-30-14)18-5-4-17(11-22(18)35-3)32-26-31-12-23-25(33-26)34(2)21(13-36-23)16-9-19(27)24(29)20(28)10-16;1-20-9(6-2-7(15)11(17)8(16)3-6)5-21-10-4-18-13(14)19-12(10)20;1-9-7-10(5-6-15-9)12-4-3-11(14)8-13(12)16-2/h4-12,21H,13H2,1-3H3,(H,31,32,33);2-4,9H,5H2,1H3;3-8H,14H2,1-2H3. The van der Waals surface area contributed by atoms with Crippen LogP contribution in [0, 0.1) is 48.8 Å². The number of aryl methyl sites for hydroxylation is 2. The van der Waals surface area contributed by atoms with Crippen LogP contribution in [0.4, 0.5) is 55.3 Å². The van der Waals surface area contributed by atoms with Crippen LogP contribution in [0.3, 0.4) is 0 Å². The molecule has 8 aromatic rings. The SMILES string of the molecule is CN1c2nc(Cl)ncc2OCC1c1cc(F)c(F)c(F)c1.COc1cc(N)ccc1-c1ccnc(C)c1.COc1cc(Nc2ncc3c(n2)N(C)C(c2cc(F)c(F)c(F)c2)CO3)ccc1-c1ccnc(C)c1. The number of rotatable bonds is 8. The third kappa shape index (κ3) is 11.4. The fourth-order valence-corrected chi connectivity index (χ4v) is 8.14. The molecular formula is C52H45ClF6N10O4. The first-order valence-electron chi connectivity index (χ1n) is 22.2. The second kappa shape index (κ2) is 21.9. The third-order valence-corrected chi connectivity index (χ3v) is 11.9. The van der Waals surface area contributed by atoms with E-state index >= 15 is 0 Å². The number of nitrogens with two attached hydrogens (primary N) is 1. The molecule has 0 radical (unpaired) electrons. The number of halogens is 7. The zero-order valence-electron chi connectivity index (χ0n) is 39.9. The number of ether oxygens (including phenoxy) is 4. The van der Waals surface area contributed by atoms with Crippen LogP contribution < -0.4 is 39.8 Å². The monoisotopic (exact) mass is 1020 g/mol. The lowest BCUT2D eigenvalue weighted by Gasteiger charge is -2.35. The fraction of sp³-hybridized carbons (Fsp3) is 0.192. The molecule has 0 bridgehead atoms. The number of benzene rings is 4. The summed E-state index contributed by atoms with van der Waals surface area (Å²) in [7, 11) is 6.64. The fourth-order valence-electron chi connectivity index (χ4n) is 8.01. The number of likely N-dealkylation sites (N-methyl/N-ethyl adjacent to an activating group) is 2. The highest BCUT2D eigenvalue weighted by Crippen LogP contribution is 2.40. The molecule has 2 unspecified atom stereocenters. The molecule has 0 fully saturated rings. The Kier molecular flexibility index (Phi) is 15.3. The molecule has 10 rings (SSSR count). The van der Waals surface area contributed by atoms with Crippen LogP contribution in [0.2, 0.25) is 5.28 Å². The number of pyridine rings is 2. The van der Waals surface area contributed by atoms with Gasteiger partial charge in [-0.25, -0.2) is 36.3 Å². The second-order valence-electron chi connectivity index (χ2n) is 16.6. The Morgan fingerprint density at radius 1 is 0.603 bits per heavy atom. The number of nitrogens with zero attached hydrogens (tertiary/aromatic N) is 8. The van der Waals surface area contributed by atoms with Gasteiger partial charge in [-0.15, -0.1) is 0 Å². The van der Waals surface area contributed by atoms with Gasteiger partial charge in [0.15, 0.2) is 58.0 Å². The van der Waals surface area contributed by atoms with E-state index in [-0.39, 0.29) is 35.6 Å². The van der Waals surface area contributed by atoms with Crippen molar-refractivity contribution in [1.82, 2.24) is 29.9 Å². The number of hydrogen-bond donors (Lipinski definition) is 2. The zero-order chi connectivity index (χ0) is 52.1. The predicted molar refractivity (Wildman–Crippen MR) is 265 cm³/mol. The number of hydrogen-bond acceptors (Lipinski definition) is 14. The molecule has 2 aliphatic heterocycles. The molecule has 4 aromatic carbocycles. The molecule has 2 atom stereocenters. The van der Waals surface area contributed by atoms with Gasteiger partial charge in [-0.05, 0) is 120 Å². The second-order valence-corrected chi connectivity index (χ2v) is 16.9. The first kappa shape index (κ1) is 51.0. The summed E-state index contributed by atoms with van der Waals surface area (Å²) in [6, 6.07) is 21.9. The van der Waals surface area contributed by atoms with Gasteiger partial charge in [0.2, 0.25) is 11.2 Å². The maximum absolute atomic E-state index is 13.8. The van der Waals surface area contributed by atoms with Gasteiger partial charge in [0, 0.05) is 72.5 Å².